The smallest absolute Gasteiger partial charge is 0.317 e. The van der Waals surface area contributed by atoms with E-state index in [9.17, 15) is 9.59 Å². The van der Waals surface area contributed by atoms with Crippen molar-refractivity contribution in [1.29, 1.82) is 0 Å². The average molecular weight is 472 g/mol. The molecule has 0 unspecified atom stereocenters. The lowest BCUT2D eigenvalue weighted by molar-refractivity contribution is 0.267. The van der Waals surface area contributed by atoms with E-state index >= 15 is 0 Å². The zero-order chi connectivity index (χ0) is 24.5. The van der Waals surface area contributed by atoms with Gasteiger partial charge in [-0.05, 0) is 53.9 Å². The number of H-pyrrole nitrogens is 1. The number of imidazole rings is 1. The van der Waals surface area contributed by atoms with E-state index in [0.29, 0.717) is 41.9 Å². The highest BCUT2D eigenvalue weighted by Gasteiger charge is 2.25. The molecule has 0 spiro atoms. The van der Waals surface area contributed by atoms with Crippen LogP contribution in [0.3, 0.4) is 0 Å². The highest BCUT2D eigenvalue weighted by atomic mass is 16.2. The number of nitrogens with one attached hydrogen (secondary N) is 1. The summed E-state index contributed by atoms with van der Waals surface area (Å²) in [7, 11) is 0. The zero-order valence-electron chi connectivity index (χ0n) is 20.7. The first-order valence-electron chi connectivity index (χ1n) is 12.6. The predicted octanol–water partition coefficient (Wildman–Crippen LogP) is 4.95. The van der Waals surface area contributed by atoms with Crippen LogP contribution in [-0.4, -0.2) is 24.1 Å². The fourth-order valence-electron chi connectivity index (χ4n) is 5.16. The normalized spacial score (nSPS) is 18.4. The summed E-state index contributed by atoms with van der Waals surface area (Å²) in [5, 5.41) is 0. The first kappa shape index (κ1) is 23.3. The van der Waals surface area contributed by atoms with Crippen LogP contribution in [0.5, 0.6) is 0 Å². The second kappa shape index (κ2) is 9.64. The summed E-state index contributed by atoms with van der Waals surface area (Å²) in [4.78, 5) is 38.2. The van der Waals surface area contributed by atoms with E-state index < -0.39 is 11.2 Å². The molecule has 1 fully saturated rings. The van der Waals surface area contributed by atoms with Gasteiger partial charge in [0.05, 0.1) is 6.54 Å². The largest absolute Gasteiger partial charge is 0.330 e. The van der Waals surface area contributed by atoms with Gasteiger partial charge in [-0.2, -0.15) is 0 Å². The second-order valence-electron chi connectivity index (χ2n) is 10.3. The molecule has 1 aliphatic rings. The molecule has 3 heterocycles. The van der Waals surface area contributed by atoms with E-state index in [-0.39, 0.29) is 0 Å². The molecule has 0 radical (unpaired) electrons. The van der Waals surface area contributed by atoms with Gasteiger partial charge in [0.1, 0.15) is 5.69 Å². The van der Waals surface area contributed by atoms with Crippen LogP contribution in [0.2, 0.25) is 0 Å². The van der Waals surface area contributed by atoms with Gasteiger partial charge >= 0.3 is 5.69 Å². The van der Waals surface area contributed by atoms with Crippen molar-refractivity contribution in [1.82, 2.24) is 24.1 Å². The van der Waals surface area contributed by atoms with Crippen molar-refractivity contribution in [3.63, 3.8) is 0 Å². The van der Waals surface area contributed by atoms with Crippen molar-refractivity contribution in [3.05, 3.63) is 80.6 Å². The third kappa shape index (κ3) is 4.72. The molecular weight excluding hydrogens is 438 g/mol. The molecule has 1 aliphatic carbocycles. The predicted molar refractivity (Wildman–Crippen MR) is 139 cm³/mol. The summed E-state index contributed by atoms with van der Waals surface area (Å²) >= 11 is 0. The summed E-state index contributed by atoms with van der Waals surface area (Å²) < 4.78 is 3.59. The molecule has 0 amide bonds. The summed E-state index contributed by atoms with van der Waals surface area (Å²) in [6.07, 6.45) is 6.45. The summed E-state index contributed by atoms with van der Waals surface area (Å²) in [5.74, 6) is 2.20. The zero-order valence-corrected chi connectivity index (χ0v) is 20.7. The molecule has 7 heteroatoms. The molecule has 7 nitrogen and oxygen atoms in total. The van der Waals surface area contributed by atoms with E-state index in [1.54, 1.807) is 10.8 Å². The van der Waals surface area contributed by atoms with Crippen LogP contribution in [0.15, 0.2) is 58.3 Å². The van der Waals surface area contributed by atoms with E-state index in [0.717, 1.165) is 35.6 Å². The van der Waals surface area contributed by atoms with Gasteiger partial charge in [0, 0.05) is 12.7 Å². The Morgan fingerprint density at radius 1 is 1.03 bits per heavy atom. The molecule has 0 saturated heterocycles. The molecule has 0 atom stereocenters. The number of nitrogens with zero attached hydrogens (tertiary/aromatic N) is 4. The van der Waals surface area contributed by atoms with Gasteiger partial charge in [-0.3, -0.25) is 19.3 Å². The summed E-state index contributed by atoms with van der Waals surface area (Å²) in [6, 6.07) is 13.8. The molecule has 4 aromatic rings. The maximum Gasteiger partial charge on any atom is 0.330 e. The van der Waals surface area contributed by atoms with Gasteiger partial charge in [-0.1, -0.05) is 63.9 Å². The Kier molecular flexibility index (Phi) is 6.41. The fraction of sp³-hybridized carbons (Fsp3) is 0.429. The highest BCUT2D eigenvalue weighted by molar-refractivity contribution is 5.76. The molecule has 1 aromatic carbocycles. The van der Waals surface area contributed by atoms with Gasteiger partial charge in [0.2, 0.25) is 0 Å². The second-order valence-corrected chi connectivity index (χ2v) is 10.3. The van der Waals surface area contributed by atoms with Crippen LogP contribution in [0.25, 0.3) is 22.7 Å². The molecule has 1 saturated carbocycles. The Balaban J connectivity index is 1.70. The fourth-order valence-corrected chi connectivity index (χ4v) is 5.16. The highest BCUT2D eigenvalue weighted by Crippen LogP contribution is 2.32. The number of fused-ring (bicyclic) bond motifs is 1. The summed E-state index contributed by atoms with van der Waals surface area (Å²) in [5.41, 5.74) is 2.89. The van der Waals surface area contributed by atoms with Crippen LogP contribution in [0.1, 0.15) is 63.5 Å². The van der Waals surface area contributed by atoms with Crippen LogP contribution < -0.4 is 11.2 Å². The van der Waals surface area contributed by atoms with Crippen molar-refractivity contribution in [2.24, 2.45) is 11.8 Å². The number of aromatic amines is 1. The Labute approximate surface area is 204 Å². The van der Waals surface area contributed by atoms with Crippen LogP contribution in [-0.2, 0) is 13.1 Å². The third-order valence-corrected chi connectivity index (χ3v) is 7.33. The van der Waals surface area contributed by atoms with E-state index in [1.165, 1.54) is 12.8 Å². The van der Waals surface area contributed by atoms with Gasteiger partial charge in [-0.25, -0.2) is 9.78 Å². The molecule has 35 heavy (non-hydrogen) atoms. The van der Waals surface area contributed by atoms with Gasteiger partial charge in [-0.15, -0.1) is 0 Å². The number of hydrogen-bond donors (Lipinski definition) is 1. The molecule has 3 aromatic heterocycles. The van der Waals surface area contributed by atoms with Crippen LogP contribution in [0, 0.1) is 11.8 Å². The monoisotopic (exact) mass is 471 g/mol. The van der Waals surface area contributed by atoms with E-state index in [4.69, 9.17) is 4.98 Å². The van der Waals surface area contributed by atoms with Crippen LogP contribution >= 0.6 is 0 Å². The Hall–Kier alpha value is -3.48. The van der Waals surface area contributed by atoms with Crippen molar-refractivity contribution < 1.29 is 0 Å². The lowest BCUT2D eigenvalue weighted by Gasteiger charge is -2.27. The van der Waals surface area contributed by atoms with Crippen molar-refractivity contribution in [3.8, 4) is 11.5 Å². The number of pyridine rings is 1. The van der Waals surface area contributed by atoms with Crippen molar-refractivity contribution in [2.45, 2.75) is 65.5 Å². The number of aromatic nitrogens is 5. The molecule has 0 bridgehead atoms. The first-order valence-corrected chi connectivity index (χ1v) is 12.6. The molecule has 0 aliphatic heterocycles. The lowest BCUT2D eigenvalue weighted by atomic mass is 9.83. The van der Waals surface area contributed by atoms with Gasteiger partial charge in [0.15, 0.2) is 17.0 Å². The topological polar surface area (TPSA) is 85.6 Å². The maximum absolute atomic E-state index is 13.2. The third-order valence-electron chi connectivity index (χ3n) is 7.33. The molecular formula is C28H33N5O2. The maximum atomic E-state index is 13.2. The van der Waals surface area contributed by atoms with Crippen molar-refractivity contribution >= 4 is 11.2 Å². The van der Waals surface area contributed by atoms with E-state index in [2.05, 4.69) is 36.8 Å². The van der Waals surface area contributed by atoms with Crippen molar-refractivity contribution in [2.75, 3.05) is 0 Å². The molecule has 1 N–H and O–H groups in total. The lowest BCUT2D eigenvalue weighted by Crippen LogP contribution is -2.31. The standard InChI is InChI=1S/C28H33N5O2/c1-18(2)22-13-14-29-23(15-22)25-30-26-24(32(25)16-21-11-9-19(3)10-12-21)27(34)31-28(35)33(26)17-20-7-5-4-6-8-20/h4-8,13-15,18-19,21H,9-12,16-17H2,1-3H3,(H,31,34,35)/t19-,21-. The Bertz CT molecular complexity index is 1440. The number of hydrogen-bond acceptors (Lipinski definition) is 4. The number of rotatable bonds is 6. The Morgan fingerprint density at radius 2 is 1.77 bits per heavy atom. The van der Waals surface area contributed by atoms with Crippen LogP contribution in [0.4, 0.5) is 0 Å². The number of benzene rings is 1. The minimum absolute atomic E-state index is 0.337. The minimum Gasteiger partial charge on any atom is -0.317 e. The van der Waals surface area contributed by atoms with E-state index in [1.807, 2.05) is 41.0 Å². The molecule has 5 rings (SSSR count). The average Bonchev–Trinajstić information content (AvgIpc) is 3.23. The van der Waals surface area contributed by atoms with Gasteiger partial charge < -0.3 is 4.57 Å². The minimum atomic E-state index is -0.446. The first-order chi connectivity index (χ1) is 16.9. The summed E-state index contributed by atoms with van der Waals surface area (Å²) in [6.45, 7) is 7.63. The van der Waals surface area contributed by atoms with Gasteiger partial charge in [0.25, 0.3) is 5.56 Å². The quantitative estimate of drug-likeness (QED) is 0.431. The Morgan fingerprint density at radius 3 is 2.49 bits per heavy atom. The molecule has 182 valence electrons. The SMILES string of the molecule is CC(C)c1ccnc(-c2nc3c(c(=O)[nH]c(=O)n3Cc3ccccc3)n2C[C@H]2CC[C@H](C)CC2)c1.